The van der Waals surface area contributed by atoms with Gasteiger partial charge in [-0.1, -0.05) is 27.6 Å². The Morgan fingerprint density at radius 3 is 2.33 bits per heavy atom. The van der Waals surface area contributed by atoms with Gasteiger partial charge >= 0.3 is 0 Å². The Morgan fingerprint density at radius 1 is 0.889 bits per heavy atom. The third kappa shape index (κ3) is 3.81. The summed E-state index contributed by atoms with van der Waals surface area (Å²) in [6.45, 7) is 2.07. The second kappa shape index (κ2) is 7.41. The second-order valence-electron chi connectivity index (χ2n) is 6.31. The zero-order chi connectivity index (χ0) is 18.8. The number of aryl methyl sites for hydroxylation is 1. The van der Waals surface area contributed by atoms with Crippen LogP contribution < -0.4 is 10.1 Å². The van der Waals surface area contributed by atoms with Crippen LogP contribution in [0.25, 0.3) is 22.3 Å². The minimum absolute atomic E-state index is 0.768. The number of rotatable bonds is 3. The van der Waals surface area contributed by atoms with Gasteiger partial charge in [-0.05, 0) is 67.6 Å². The number of benzene rings is 3. The molecule has 0 fully saturated rings. The van der Waals surface area contributed by atoms with Gasteiger partial charge in [-0.2, -0.15) is 0 Å². The van der Waals surface area contributed by atoms with Gasteiger partial charge < -0.3 is 9.15 Å². The minimum atomic E-state index is 0.768. The molecule has 0 atom stereocenters. The molecule has 3 aromatic carbocycles. The summed E-state index contributed by atoms with van der Waals surface area (Å²) in [5, 5.41) is 1.88. The fraction of sp³-hybridized carbons (Fsp3) is 0.0870. The summed E-state index contributed by atoms with van der Waals surface area (Å²) in [6.07, 6.45) is 0. The van der Waals surface area contributed by atoms with Crippen LogP contribution >= 0.6 is 15.9 Å². The third-order valence-corrected chi connectivity index (χ3v) is 4.88. The summed E-state index contributed by atoms with van der Waals surface area (Å²) in [4.78, 5) is 4.87. The molecule has 1 heterocycles. The lowest BCUT2D eigenvalue weighted by atomic mass is 10.1. The first-order valence-corrected chi connectivity index (χ1v) is 9.41. The summed E-state index contributed by atoms with van der Waals surface area (Å²) in [5.41, 5.74) is 3.85. The molecule has 0 radical (unpaired) electrons. The molecule has 0 saturated heterocycles. The van der Waals surface area contributed by atoms with Crippen molar-refractivity contribution in [1.29, 1.82) is 0 Å². The SMILES string of the molecule is COc1ccc(-c2cc(=Nc3ccc(Br)cc3)c3cc(C)ccc3o2)cc1. The van der Waals surface area contributed by atoms with Crippen LogP contribution in [0.2, 0.25) is 0 Å². The van der Waals surface area contributed by atoms with Gasteiger partial charge in [-0.15, -0.1) is 0 Å². The Morgan fingerprint density at radius 2 is 1.63 bits per heavy atom. The van der Waals surface area contributed by atoms with Crippen LogP contribution in [0, 0.1) is 6.92 Å². The summed E-state index contributed by atoms with van der Waals surface area (Å²) in [6, 6.07) is 23.9. The van der Waals surface area contributed by atoms with E-state index in [0.717, 1.165) is 43.6 Å². The average molecular weight is 420 g/mol. The van der Waals surface area contributed by atoms with E-state index >= 15 is 0 Å². The number of fused-ring (bicyclic) bond motifs is 1. The standard InChI is InChI=1S/C23H18BrNO2/c1-15-3-12-22-20(13-15)21(25-18-8-6-17(24)7-9-18)14-23(27-22)16-4-10-19(26-2)11-5-16/h3-14H,1-2H3. The van der Waals surface area contributed by atoms with Crippen molar-refractivity contribution >= 4 is 32.6 Å². The molecule has 0 aliphatic heterocycles. The van der Waals surface area contributed by atoms with Gasteiger partial charge in [-0.3, -0.25) is 0 Å². The van der Waals surface area contributed by atoms with Gasteiger partial charge in [-0.25, -0.2) is 4.99 Å². The molecule has 0 saturated carbocycles. The molecular formula is C23H18BrNO2. The maximum atomic E-state index is 6.17. The van der Waals surface area contributed by atoms with E-state index in [1.165, 1.54) is 5.56 Å². The van der Waals surface area contributed by atoms with E-state index in [0.29, 0.717) is 0 Å². The van der Waals surface area contributed by atoms with Crippen molar-refractivity contribution in [1.82, 2.24) is 0 Å². The van der Waals surface area contributed by atoms with Crippen LogP contribution in [0.1, 0.15) is 5.56 Å². The Hall–Kier alpha value is -2.85. The maximum Gasteiger partial charge on any atom is 0.136 e. The van der Waals surface area contributed by atoms with Crippen molar-refractivity contribution in [3.05, 3.63) is 88.2 Å². The van der Waals surface area contributed by atoms with E-state index in [-0.39, 0.29) is 0 Å². The minimum Gasteiger partial charge on any atom is -0.497 e. The summed E-state index contributed by atoms with van der Waals surface area (Å²) >= 11 is 3.47. The zero-order valence-corrected chi connectivity index (χ0v) is 16.7. The number of halogens is 1. The van der Waals surface area contributed by atoms with Crippen LogP contribution in [0.4, 0.5) is 5.69 Å². The highest BCUT2D eigenvalue weighted by atomic mass is 79.9. The number of hydrogen-bond acceptors (Lipinski definition) is 3. The van der Waals surface area contributed by atoms with Gasteiger partial charge in [0.25, 0.3) is 0 Å². The molecule has 4 rings (SSSR count). The molecule has 4 heteroatoms. The largest absolute Gasteiger partial charge is 0.497 e. The van der Waals surface area contributed by atoms with E-state index in [1.807, 2.05) is 66.7 Å². The molecular weight excluding hydrogens is 402 g/mol. The first-order chi connectivity index (χ1) is 13.1. The van der Waals surface area contributed by atoms with Gasteiger partial charge in [0.1, 0.15) is 17.1 Å². The lowest BCUT2D eigenvalue weighted by Crippen LogP contribution is -2.03. The van der Waals surface area contributed by atoms with E-state index < -0.39 is 0 Å². The molecule has 134 valence electrons. The maximum absolute atomic E-state index is 6.17. The van der Waals surface area contributed by atoms with Crippen LogP contribution in [-0.2, 0) is 0 Å². The third-order valence-electron chi connectivity index (χ3n) is 4.35. The quantitative estimate of drug-likeness (QED) is 0.384. The lowest BCUT2D eigenvalue weighted by Gasteiger charge is -2.07. The van der Waals surface area contributed by atoms with Crippen molar-refractivity contribution in [2.75, 3.05) is 7.11 Å². The van der Waals surface area contributed by atoms with Crippen LogP contribution in [-0.4, -0.2) is 7.11 Å². The summed E-state index contributed by atoms with van der Waals surface area (Å²) < 4.78 is 12.4. The predicted molar refractivity (Wildman–Crippen MR) is 112 cm³/mol. The smallest absolute Gasteiger partial charge is 0.136 e. The highest BCUT2D eigenvalue weighted by Crippen LogP contribution is 2.25. The molecule has 0 aliphatic carbocycles. The van der Waals surface area contributed by atoms with Crippen molar-refractivity contribution in [2.24, 2.45) is 4.99 Å². The Balaban J connectivity index is 1.94. The molecule has 0 unspecified atom stereocenters. The monoisotopic (exact) mass is 419 g/mol. The number of nitrogens with zero attached hydrogens (tertiary/aromatic N) is 1. The molecule has 0 aliphatic rings. The summed E-state index contributed by atoms with van der Waals surface area (Å²) in [7, 11) is 1.66. The predicted octanol–water partition coefficient (Wildman–Crippen LogP) is 6.41. The van der Waals surface area contributed by atoms with Gasteiger partial charge in [0, 0.05) is 21.5 Å². The van der Waals surface area contributed by atoms with Crippen molar-refractivity contribution in [3.63, 3.8) is 0 Å². The zero-order valence-electron chi connectivity index (χ0n) is 15.1. The molecule has 4 aromatic rings. The molecule has 0 amide bonds. The van der Waals surface area contributed by atoms with Crippen LogP contribution in [0.15, 0.2) is 86.7 Å². The van der Waals surface area contributed by atoms with Crippen molar-refractivity contribution in [3.8, 4) is 17.1 Å². The number of hydrogen-bond donors (Lipinski definition) is 0. The first-order valence-electron chi connectivity index (χ1n) is 8.61. The second-order valence-corrected chi connectivity index (χ2v) is 7.23. The lowest BCUT2D eigenvalue weighted by molar-refractivity contribution is 0.415. The fourth-order valence-electron chi connectivity index (χ4n) is 2.93. The Labute approximate surface area is 166 Å². The van der Waals surface area contributed by atoms with Crippen LogP contribution in [0.5, 0.6) is 5.75 Å². The van der Waals surface area contributed by atoms with Gasteiger partial charge in [0.05, 0.1) is 18.2 Å². The summed E-state index contributed by atoms with van der Waals surface area (Å²) in [5.74, 6) is 1.58. The fourth-order valence-corrected chi connectivity index (χ4v) is 3.19. The molecule has 3 nitrogen and oxygen atoms in total. The normalized spacial score (nSPS) is 11.7. The molecule has 0 N–H and O–H groups in total. The highest BCUT2D eigenvalue weighted by molar-refractivity contribution is 9.10. The van der Waals surface area contributed by atoms with Gasteiger partial charge in [0.2, 0.25) is 0 Å². The molecule has 1 aromatic heterocycles. The topological polar surface area (TPSA) is 34.7 Å². The number of ether oxygens (including phenoxy) is 1. The highest BCUT2D eigenvalue weighted by Gasteiger charge is 2.07. The van der Waals surface area contributed by atoms with Crippen molar-refractivity contribution < 1.29 is 9.15 Å². The first kappa shape index (κ1) is 17.6. The van der Waals surface area contributed by atoms with E-state index in [2.05, 4.69) is 28.9 Å². The molecule has 0 spiro atoms. The molecule has 0 bridgehead atoms. The average Bonchev–Trinajstić information content (AvgIpc) is 2.70. The number of methoxy groups -OCH3 is 1. The van der Waals surface area contributed by atoms with E-state index in [9.17, 15) is 0 Å². The van der Waals surface area contributed by atoms with E-state index in [4.69, 9.17) is 14.1 Å². The Bertz CT molecular complexity index is 1160. The van der Waals surface area contributed by atoms with E-state index in [1.54, 1.807) is 7.11 Å². The van der Waals surface area contributed by atoms with Gasteiger partial charge in [0.15, 0.2) is 0 Å². The van der Waals surface area contributed by atoms with Crippen molar-refractivity contribution in [2.45, 2.75) is 6.92 Å². The van der Waals surface area contributed by atoms with Crippen LogP contribution in [0.3, 0.4) is 0 Å². The Kier molecular flexibility index (Phi) is 4.82. The molecule has 27 heavy (non-hydrogen) atoms.